The molecule has 2 heterocycles. The topological polar surface area (TPSA) is 79.7 Å². The molecule has 5 rings (SSSR count). The summed E-state index contributed by atoms with van der Waals surface area (Å²) in [6.07, 6.45) is 0. The van der Waals surface area contributed by atoms with E-state index in [-0.39, 0.29) is 11.3 Å². The van der Waals surface area contributed by atoms with Crippen LogP contribution in [-0.2, 0) is 9.59 Å². The smallest absolute Gasteiger partial charge is 0.301 e. The number of carbonyl (C=O) groups excluding carboxylic acids is 2. The van der Waals surface area contributed by atoms with Crippen LogP contribution in [0.4, 0.5) is 5.13 Å². The van der Waals surface area contributed by atoms with Crippen molar-refractivity contribution in [2.45, 2.75) is 32.7 Å². The average Bonchev–Trinajstić information content (AvgIpc) is 3.42. The lowest BCUT2D eigenvalue weighted by molar-refractivity contribution is -0.132. The summed E-state index contributed by atoms with van der Waals surface area (Å²) in [5.41, 5.74) is 3.10. The lowest BCUT2D eigenvalue weighted by Gasteiger charge is -2.23. The Bertz CT molecular complexity index is 1470. The highest BCUT2D eigenvalue weighted by molar-refractivity contribution is 7.22. The zero-order chi connectivity index (χ0) is 25.4. The predicted molar refractivity (Wildman–Crippen MR) is 143 cm³/mol. The van der Waals surface area contributed by atoms with Gasteiger partial charge in [-0.15, -0.1) is 0 Å². The number of ether oxygens (including phenoxy) is 1. The number of hydrogen-bond acceptors (Lipinski definition) is 6. The summed E-state index contributed by atoms with van der Waals surface area (Å²) in [5, 5.41) is 11.6. The molecule has 7 heteroatoms. The Morgan fingerprint density at radius 1 is 1.06 bits per heavy atom. The van der Waals surface area contributed by atoms with Crippen LogP contribution in [0.5, 0.6) is 5.75 Å². The highest BCUT2D eigenvalue weighted by Gasteiger charge is 2.48. The Kier molecular flexibility index (Phi) is 6.33. The van der Waals surface area contributed by atoms with Crippen LogP contribution in [0, 0.1) is 0 Å². The third-order valence-corrected chi connectivity index (χ3v) is 7.29. The van der Waals surface area contributed by atoms with Gasteiger partial charge in [-0.25, -0.2) is 4.98 Å². The van der Waals surface area contributed by atoms with E-state index >= 15 is 0 Å². The van der Waals surface area contributed by atoms with Gasteiger partial charge in [-0.2, -0.15) is 0 Å². The molecular weight excluding hydrogens is 472 g/mol. The number of aliphatic hydroxyl groups is 1. The van der Waals surface area contributed by atoms with Crippen LogP contribution in [0.25, 0.3) is 16.0 Å². The van der Waals surface area contributed by atoms with Crippen molar-refractivity contribution < 1.29 is 19.4 Å². The number of fused-ring (bicyclic) bond motifs is 1. The Balaban J connectivity index is 1.68. The molecule has 1 aliphatic heterocycles. The molecule has 4 aromatic rings. The molecule has 1 fully saturated rings. The molecule has 0 radical (unpaired) electrons. The SMILES string of the molecule is CCOc1ccc2nc(N3C(=O)C(=O)/C(=C(/O)c4ccccc4)[C@@H]3c3ccc(C(C)C)cc3)sc2c1. The van der Waals surface area contributed by atoms with Crippen molar-refractivity contribution in [3.63, 3.8) is 0 Å². The second-order valence-electron chi connectivity index (χ2n) is 8.92. The van der Waals surface area contributed by atoms with Gasteiger partial charge in [0.15, 0.2) is 5.13 Å². The van der Waals surface area contributed by atoms with Crippen molar-refractivity contribution in [1.82, 2.24) is 4.98 Å². The molecule has 1 atom stereocenters. The fraction of sp³-hybridized carbons (Fsp3) is 0.207. The Hall–Kier alpha value is -3.97. The quantitative estimate of drug-likeness (QED) is 0.188. The number of nitrogens with zero attached hydrogens (tertiary/aromatic N) is 2. The summed E-state index contributed by atoms with van der Waals surface area (Å²) in [4.78, 5) is 32.9. The summed E-state index contributed by atoms with van der Waals surface area (Å²) in [6.45, 7) is 6.67. The molecule has 36 heavy (non-hydrogen) atoms. The molecule has 6 nitrogen and oxygen atoms in total. The average molecular weight is 499 g/mol. The van der Waals surface area contributed by atoms with Crippen LogP contribution >= 0.6 is 11.3 Å². The van der Waals surface area contributed by atoms with Crippen molar-refractivity contribution in [1.29, 1.82) is 0 Å². The summed E-state index contributed by atoms with van der Waals surface area (Å²) >= 11 is 1.31. The van der Waals surface area contributed by atoms with E-state index in [1.165, 1.54) is 16.2 Å². The molecule has 0 aliphatic carbocycles. The van der Waals surface area contributed by atoms with Crippen LogP contribution in [0.3, 0.4) is 0 Å². The third-order valence-electron chi connectivity index (χ3n) is 6.28. The molecule has 1 amide bonds. The fourth-order valence-corrected chi connectivity index (χ4v) is 5.43. The second-order valence-corrected chi connectivity index (χ2v) is 9.92. The van der Waals surface area contributed by atoms with Crippen molar-refractivity contribution in [3.8, 4) is 5.75 Å². The lowest BCUT2D eigenvalue weighted by Crippen LogP contribution is -2.29. The first-order valence-corrected chi connectivity index (χ1v) is 12.7. The molecule has 1 saturated heterocycles. The molecule has 1 aliphatic rings. The number of carbonyl (C=O) groups is 2. The van der Waals surface area contributed by atoms with Gasteiger partial charge in [0.1, 0.15) is 11.5 Å². The van der Waals surface area contributed by atoms with Gasteiger partial charge < -0.3 is 9.84 Å². The maximum Gasteiger partial charge on any atom is 0.301 e. The summed E-state index contributed by atoms with van der Waals surface area (Å²) in [5.74, 6) is -0.599. The number of anilines is 1. The van der Waals surface area contributed by atoms with E-state index in [0.29, 0.717) is 34.5 Å². The van der Waals surface area contributed by atoms with Crippen molar-refractivity contribution in [2.24, 2.45) is 0 Å². The standard InChI is InChI=1S/C29H26N2O4S/c1-4-35-21-14-15-22-23(16-21)36-29(30-22)31-25(19-12-10-18(11-13-19)17(2)3)24(27(33)28(31)34)26(32)20-8-6-5-7-9-20/h5-17,25,32H,4H2,1-3H3/b26-24+/t25-/m0/s1. The largest absolute Gasteiger partial charge is 0.507 e. The number of hydrogen-bond donors (Lipinski definition) is 1. The molecule has 0 spiro atoms. The summed E-state index contributed by atoms with van der Waals surface area (Å²) < 4.78 is 6.45. The van der Waals surface area contributed by atoms with E-state index in [1.54, 1.807) is 24.3 Å². The van der Waals surface area contributed by atoms with Gasteiger partial charge in [0.05, 0.1) is 28.4 Å². The van der Waals surface area contributed by atoms with E-state index in [0.717, 1.165) is 15.8 Å². The number of aliphatic hydroxyl groups excluding tert-OH is 1. The van der Waals surface area contributed by atoms with Gasteiger partial charge in [0, 0.05) is 5.56 Å². The highest BCUT2D eigenvalue weighted by Crippen LogP contribution is 2.44. The number of rotatable bonds is 6. The first-order valence-electron chi connectivity index (χ1n) is 11.9. The summed E-state index contributed by atoms with van der Waals surface area (Å²) in [6, 6.07) is 21.4. The van der Waals surface area contributed by atoms with Gasteiger partial charge in [0.2, 0.25) is 0 Å². The molecule has 182 valence electrons. The molecule has 3 aromatic carbocycles. The Morgan fingerprint density at radius 3 is 2.44 bits per heavy atom. The Labute approximate surface area is 213 Å². The number of ketones is 1. The van der Waals surface area contributed by atoms with E-state index < -0.39 is 17.7 Å². The first-order chi connectivity index (χ1) is 17.4. The third kappa shape index (κ3) is 4.16. The van der Waals surface area contributed by atoms with Gasteiger partial charge in [-0.3, -0.25) is 14.5 Å². The monoisotopic (exact) mass is 498 g/mol. The number of thiazole rings is 1. The molecule has 0 saturated carbocycles. The highest BCUT2D eigenvalue weighted by atomic mass is 32.1. The fourth-order valence-electron chi connectivity index (χ4n) is 4.41. The second kappa shape index (κ2) is 9.59. The van der Waals surface area contributed by atoms with Crippen molar-refractivity contribution in [3.05, 3.63) is 95.1 Å². The van der Waals surface area contributed by atoms with Crippen molar-refractivity contribution in [2.75, 3.05) is 11.5 Å². The molecule has 0 bridgehead atoms. The van der Waals surface area contributed by atoms with Gasteiger partial charge in [0.25, 0.3) is 5.78 Å². The van der Waals surface area contributed by atoms with Crippen LogP contribution in [0.15, 0.2) is 78.4 Å². The molecule has 0 unspecified atom stereocenters. The number of aromatic nitrogens is 1. The minimum absolute atomic E-state index is 0.0535. The molecule has 1 aromatic heterocycles. The van der Waals surface area contributed by atoms with Crippen LogP contribution in [0.2, 0.25) is 0 Å². The van der Waals surface area contributed by atoms with E-state index in [4.69, 9.17) is 4.74 Å². The van der Waals surface area contributed by atoms with Crippen LogP contribution < -0.4 is 9.64 Å². The maximum atomic E-state index is 13.4. The number of Topliss-reactive ketones (excluding diaryl/α,β-unsaturated/α-hetero) is 1. The van der Waals surface area contributed by atoms with Gasteiger partial charge in [-0.1, -0.05) is 79.8 Å². The molecule has 1 N–H and O–H groups in total. The van der Waals surface area contributed by atoms with Gasteiger partial charge >= 0.3 is 5.91 Å². The van der Waals surface area contributed by atoms with E-state index in [9.17, 15) is 14.7 Å². The Morgan fingerprint density at radius 2 is 1.78 bits per heavy atom. The van der Waals surface area contributed by atoms with Crippen molar-refractivity contribution >= 4 is 44.1 Å². The minimum atomic E-state index is -0.807. The van der Waals surface area contributed by atoms with Crippen LogP contribution in [-0.4, -0.2) is 28.4 Å². The molecular formula is C29H26N2O4S. The predicted octanol–water partition coefficient (Wildman–Crippen LogP) is 6.44. The first kappa shape index (κ1) is 23.8. The normalized spacial score (nSPS) is 17.3. The number of amides is 1. The zero-order valence-electron chi connectivity index (χ0n) is 20.3. The van der Waals surface area contributed by atoms with E-state index in [1.807, 2.05) is 55.5 Å². The van der Waals surface area contributed by atoms with E-state index in [2.05, 4.69) is 18.8 Å². The zero-order valence-corrected chi connectivity index (χ0v) is 21.1. The maximum absolute atomic E-state index is 13.4. The van der Waals surface area contributed by atoms with Crippen LogP contribution in [0.1, 0.15) is 49.4 Å². The lowest BCUT2D eigenvalue weighted by atomic mass is 9.93. The number of benzene rings is 3. The van der Waals surface area contributed by atoms with Gasteiger partial charge in [-0.05, 0) is 42.2 Å². The summed E-state index contributed by atoms with van der Waals surface area (Å²) in [7, 11) is 0. The minimum Gasteiger partial charge on any atom is -0.507 e.